The summed E-state index contributed by atoms with van der Waals surface area (Å²) in [4.78, 5) is 2.82. The van der Waals surface area contributed by atoms with Gasteiger partial charge in [-0.1, -0.05) is 26.7 Å². The maximum atomic E-state index is 6.01. The Morgan fingerprint density at radius 3 is 2.28 bits per heavy atom. The first-order valence-electron chi connectivity index (χ1n) is 8.22. The van der Waals surface area contributed by atoms with Crippen LogP contribution in [0, 0.1) is 11.8 Å². The Balaban J connectivity index is 1.97. The zero-order chi connectivity index (χ0) is 13.0. The average Bonchev–Trinajstić information content (AvgIpc) is 2.42. The van der Waals surface area contributed by atoms with Gasteiger partial charge < -0.3 is 5.73 Å². The van der Waals surface area contributed by atoms with Crippen molar-refractivity contribution in [1.29, 1.82) is 0 Å². The third kappa shape index (κ3) is 3.27. The molecule has 0 bridgehead atoms. The van der Waals surface area contributed by atoms with Gasteiger partial charge in [-0.25, -0.2) is 0 Å². The van der Waals surface area contributed by atoms with Gasteiger partial charge in [0.1, 0.15) is 0 Å². The highest BCUT2D eigenvalue weighted by molar-refractivity contribution is 4.88. The molecule has 2 N–H and O–H groups in total. The molecule has 2 rings (SSSR count). The van der Waals surface area contributed by atoms with Gasteiger partial charge in [-0.15, -0.1) is 0 Å². The fourth-order valence-corrected chi connectivity index (χ4v) is 4.24. The fraction of sp³-hybridized carbons (Fsp3) is 1.00. The molecule has 18 heavy (non-hydrogen) atoms. The van der Waals surface area contributed by atoms with Crippen LogP contribution in [-0.2, 0) is 0 Å². The quantitative estimate of drug-likeness (QED) is 0.831. The van der Waals surface area contributed by atoms with E-state index in [1.54, 1.807) is 0 Å². The van der Waals surface area contributed by atoms with Gasteiger partial charge in [0.15, 0.2) is 0 Å². The second kappa shape index (κ2) is 6.91. The lowest BCUT2D eigenvalue weighted by molar-refractivity contribution is 0.0471. The van der Waals surface area contributed by atoms with Crippen LogP contribution in [0.4, 0.5) is 0 Å². The van der Waals surface area contributed by atoms with Crippen LogP contribution in [0.1, 0.15) is 65.2 Å². The Morgan fingerprint density at radius 2 is 1.67 bits per heavy atom. The molecule has 0 aromatic heterocycles. The third-order valence-electron chi connectivity index (χ3n) is 5.42. The minimum absolute atomic E-state index is 0.762. The van der Waals surface area contributed by atoms with Crippen molar-refractivity contribution in [3.63, 3.8) is 0 Å². The average molecular weight is 252 g/mol. The number of nitrogens with zero attached hydrogens (tertiary/aromatic N) is 1. The Labute approximate surface area is 113 Å². The van der Waals surface area contributed by atoms with Crippen molar-refractivity contribution in [2.75, 3.05) is 13.1 Å². The van der Waals surface area contributed by atoms with Crippen LogP contribution in [0.2, 0.25) is 0 Å². The van der Waals surface area contributed by atoms with Gasteiger partial charge >= 0.3 is 0 Å². The summed E-state index contributed by atoms with van der Waals surface area (Å²) >= 11 is 0. The van der Waals surface area contributed by atoms with E-state index in [2.05, 4.69) is 18.7 Å². The molecule has 0 heterocycles. The lowest BCUT2D eigenvalue weighted by atomic mass is 9.80. The van der Waals surface area contributed by atoms with Crippen LogP contribution in [0.15, 0.2) is 0 Å². The summed E-state index contributed by atoms with van der Waals surface area (Å²) in [7, 11) is 0. The number of hydrogen-bond donors (Lipinski definition) is 1. The molecule has 2 aliphatic carbocycles. The molecule has 0 aromatic carbocycles. The molecule has 2 saturated carbocycles. The van der Waals surface area contributed by atoms with Gasteiger partial charge in [0.25, 0.3) is 0 Å². The van der Waals surface area contributed by atoms with E-state index in [-0.39, 0.29) is 0 Å². The van der Waals surface area contributed by atoms with E-state index in [4.69, 9.17) is 5.73 Å². The smallest absolute Gasteiger partial charge is 0.0138 e. The van der Waals surface area contributed by atoms with Gasteiger partial charge in [-0.05, 0) is 63.5 Å². The van der Waals surface area contributed by atoms with Crippen LogP contribution >= 0.6 is 0 Å². The van der Waals surface area contributed by atoms with Crippen molar-refractivity contribution in [2.45, 2.75) is 77.3 Å². The van der Waals surface area contributed by atoms with Crippen LogP contribution in [-0.4, -0.2) is 30.1 Å². The van der Waals surface area contributed by atoms with Gasteiger partial charge in [0, 0.05) is 12.1 Å². The van der Waals surface area contributed by atoms with E-state index < -0.39 is 0 Å². The molecule has 0 saturated heterocycles. The van der Waals surface area contributed by atoms with Crippen molar-refractivity contribution < 1.29 is 0 Å². The molecule has 0 amide bonds. The van der Waals surface area contributed by atoms with Crippen LogP contribution in [0.3, 0.4) is 0 Å². The van der Waals surface area contributed by atoms with Crippen molar-refractivity contribution in [2.24, 2.45) is 17.6 Å². The lowest BCUT2D eigenvalue weighted by Gasteiger charge is -2.45. The van der Waals surface area contributed by atoms with E-state index >= 15 is 0 Å². The first-order valence-corrected chi connectivity index (χ1v) is 8.22. The zero-order valence-corrected chi connectivity index (χ0v) is 12.4. The Kier molecular flexibility index (Phi) is 5.50. The first kappa shape index (κ1) is 14.3. The molecule has 2 fully saturated rings. The summed E-state index contributed by atoms with van der Waals surface area (Å²) in [5, 5.41) is 0. The summed E-state index contributed by atoms with van der Waals surface area (Å²) in [6.45, 7) is 6.88. The summed E-state index contributed by atoms with van der Waals surface area (Å²) in [5.41, 5.74) is 6.01. The minimum atomic E-state index is 0.762. The lowest BCUT2D eigenvalue weighted by Crippen LogP contribution is -2.50. The molecule has 0 aromatic rings. The molecule has 106 valence electrons. The largest absolute Gasteiger partial charge is 0.330 e. The topological polar surface area (TPSA) is 29.3 Å². The number of hydrogen-bond acceptors (Lipinski definition) is 2. The molecule has 2 atom stereocenters. The standard InChI is InChI=1S/C16H32N2/c1-3-18(15-10-8-13(2)9-11-15)16-7-5-4-6-14(16)12-17/h13-16H,3-12,17H2,1-2H3. The van der Waals surface area contributed by atoms with Gasteiger partial charge in [-0.3, -0.25) is 4.90 Å². The molecule has 0 aliphatic heterocycles. The molecular formula is C16H32N2. The van der Waals surface area contributed by atoms with Crippen molar-refractivity contribution >= 4 is 0 Å². The predicted octanol–water partition coefficient (Wildman–Crippen LogP) is 3.40. The summed E-state index contributed by atoms with van der Waals surface area (Å²) in [5.74, 6) is 1.72. The van der Waals surface area contributed by atoms with Crippen LogP contribution in [0.25, 0.3) is 0 Å². The van der Waals surface area contributed by atoms with E-state index in [1.807, 2.05) is 0 Å². The highest BCUT2D eigenvalue weighted by Gasteiger charge is 2.33. The number of rotatable bonds is 4. The van der Waals surface area contributed by atoms with Gasteiger partial charge in [-0.2, -0.15) is 0 Å². The van der Waals surface area contributed by atoms with Crippen molar-refractivity contribution in [3.8, 4) is 0 Å². The van der Waals surface area contributed by atoms with Crippen LogP contribution in [0.5, 0.6) is 0 Å². The Bertz CT molecular complexity index is 233. The van der Waals surface area contributed by atoms with E-state index in [0.29, 0.717) is 0 Å². The van der Waals surface area contributed by atoms with Crippen molar-refractivity contribution in [3.05, 3.63) is 0 Å². The Hall–Kier alpha value is -0.0800. The first-order chi connectivity index (χ1) is 8.76. The fourth-order valence-electron chi connectivity index (χ4n) is 4.24. The molecule has 2 nitrogen and oxygen atoms in total. The normalized spacial score (nSPS) is 38.0. The molecule has 2 heteroatoms. The second-order valence-corrected chi connectivity index (χ2v) is 6.59. The van der Waals surface area contributed by atoms with Crippen molar-refractivity contribution in [1.82, 2.24) is 4.90 Å². The highest BCUT2D eigenvalue weighted by Crippen LogP contribution is 2.34. The van der Waals surface area contributed by atoms with E-state index in [1.165, 1.54) is 57.9 Å². The monoisotopic (exact) mass is 252 g/mol. The molecule has 2 aliphatic rings. The van der Waals surface area contributed by atoms with E-state index in [9.17, 15) is 0 Å². The molecule has 2 unspecified atom stereocenters. The number of nitrogens with two attached hydrogens (primary N) is 1. The maximum absolute atomic E-state index is 6.01. The SMILES string of the molecule is CCN(C1CCC(C)CC1)C1CCCCC1CN. The second-order valence-electron chi connectivity index (χ2n) is 6.59. The highest BCUT2D eigenvalue weighted by atomic mass is 15.2. The summed E-state index contributed by atoms with van der Waals surface area (Å²) < 4.78 is 0. The van der Waals surface area contributed by atoms with Gasteiger partial charge in [0.05, 0.1) is 0 Å². The Morgan fingerprint density at radius 1 is 1.00 bits per heavy atom. The molecule has 0 spiro atoms. The summed E-state index contributed by atoms with van der Waals surface area (Å²) in [6, 6.07) is 1.63. The molecule has 0 radical (unpaired) electrons. The van der Waals surface area contributed by atoms with Crippen LogP contribution < -0.4 is 5.73 Å². The zero-order valence-electron chi connectivity index (χ0n) is 12.4. The minimum Gasteiger partial charge on any atom is -0.330 e. The van der Waals surface area contributed by atoms with Gasteiger partial charge in [0.2, 0.25) is 0 Å². The maximum Gasteiger partial charge on any atom is 0.0138 e. The molecular weight excluding hydrogens is 220 g/mol. The predicted molar refractivity (Wildman–Crippen MR) is 78.6 cm³/mol. The third-order valence-corrected chi connectivity index (χ3v) is 5.42. The summed E-state index contributed by atoms with van der Waals surface area (Å²) in [6.07, 6.45) is 11.3. The van der Waals surface area contributed by atoms with E-state index in [0.717, 1.165) is 30.5 Å².